The lowest BCUT2D eigenvalue weighted by Gasteiger charge is -2.40. The second-order valence-corrected chi connectivity index (χ2v) is 8.82. The number of esters is 1. The van der Waals surface area contributed by atoms with Crippen LogP contribution in [0.15, 0.2) is 30.3 Å². The van der Waals surface area contributed by atoms with Crippen LogP contribution in [0.5, 0.6) is 0 Å². The Morgan fingerprint density at radius 3 is 2.50 bits per heavy atom. The molecule has 2 rings (SSSR count). The number of carbonyl (C=O) groups excluding carboxylic acids is 2. The van der Waals surface area contributed by atoms with Crippen LogP contribution < -0.4 is 5.73 Å². The molecule has 1 fully saturated rings. The average Bonchev–Trinajstić information content (AvgIpc) is 2.72. The molecule has 0 aromatic heterocycles. The van der Waals surface area contributed by atoms with Crippen LogP contribution in [0.4, 0.5) is 0 Å². The molecule has 1 aromatic carbocycles. The smallest absolute Gasteiger partial charge is 0.333 e. The maximum atomic E-state index is 13.2. The number of rotatable bonds is 9. The zero-order valence-electron chi connectivity index (χ0n) is 18.5. The molecule has 0 aliphatic carbocycles. The van der Waals surface area contributed by atoms with E-state index in [1.807, 2.05) is 44.2 Å². The van der Waals surface area contributed by atoms with Crippen LogP contribution in [-0.4, -0.2) is 59.0 Å². The van der Waals surface area contributed by atoms with Crippen molar-refractivity contribution in [1.82, 2.24) is 4.90 Å². The summed E-state index contributed by atoms with van der Waals surface area (Å²) in [6.07, 6.45) is 1.41. The SMILES string of the molecule is CC(C)[C@H](N)C(=O)N(CC(O)Cc1ccccc1)C(C)(C)C(=O)OC1CCCCO1. The molecule has 1 aliphatic rings. The molecule has 0 saturated carbocycles. The molecule has 7 heteroatoms. The van der Waals surface area contributed by atoms with Crippen LogP contribution in [0.1, 0.15) is 52.5 Å². The maximum Gasteiger partial charge on any atom is 0.333 e. The molecular weight excluding hydrogens is 384 g/mol. The highest BCUT2D eigenvalue weighted by Crippen LogP contribution is 2.23. The molecule has 2 unspecified atom stereocenters. The Hall–Kier alpha value is -1.96. The van der Waals surface area contributed by atoms with Gasteiger partial charge in [0.25, 0.3) is 0 Å². The highest BCUT2D eigenvalue weighted by atomic mass is 16.7. The Morgan fingerprint density at radius 2 is 1.93 bits per heavy atom. The van der Waals surface area contributed by atoms with Crippen LogP contribution >= 0.6 is 0 Å². The summed E-state index contributed by atoms with van der Waals surface area (Å²) in [4.78, 5) is 27.5. The second-order valence-electron chi connectivity index (χ2n) is 8.82. The molecule has 1 heterocycles. The van der Waals surface area contributed by atoms with Gasteiger partial charge in [0.1, 0.15) is 5.54 Å². The van der Waals surface area contributed by atoms with E-state index in [-0.39, 0.29) is 18.4 Å². The quantitative estimate of drug-likeness (QED) is 0.594. The summed E-state index contributed by atoms with van der Waals surface area (Å²) in [6.45, 7) is 7.47. The lowest BCUT2D eigenvalue weighted by molar-refractivity contribution is -0.199. The van der Waals surface area contributed by atoms with Crippen LogP contribution in [-0.2, 0) is 25.5 Å². The summed E-state index contributed by atoms with van der Waals surface area (Å²) in [6, 6.07) is 8.73. The minimum atomic E-state index is -1.30. The van der Waals surface area contributed by atoms with E-state index in [4.69, 9.17) is 15.2 Å². The van der Waals surface area contributed by atoms with Gasteiger partial charge in [0, 0.05) is 19.4 Å². The van der Waals surface area contributed by atoms with Gasteiger partial charge in [-0.3, -0.25) is 4.79 Å². The molecule has 0 spiro atoms. The molecule has 1 aromatic rings. The zero-order valence-corrected chi connectivity index (χ0v) is 18.5. The van der Waals surface area contributed by atoms with Crippen LogP contribution in [0.25, 0.3) is 0 Å². The third-order valence-corrected chi connectivity index (χ3v) is 5.53. The maximum absolute atomic E-state index is 13.2. The summed E-state index contributed by atoms with van der Waals surface area (Å²) < 4.78 is 11.1. The van der Waals surface area contributed by atoms with Crippen LogP contribution in [0.3, 0.4) is 0 Å². The molecular formula is C23H36N2O5. The molecule has 1 saturated heterocycles. The van der Waals surface area contributed by atoms with Gasteiger partial charge in [0.2, 0.25) is 12.2 Å². The minimum absolute atomic E-state index is 0.0260. The predicted octanol–water partition coefficient (Wildman–Crippen LogP) is 2.25. The number of benzene rings is 1. The summed E-state index contributed by atoms with van der Waals surface area (Å²) in [5.74, 6) is -1.06. The molecule has 168 valence electrons. The molecule has 0 radical (unpaired) electrons. The van der Waals surface area contributed by atoms with Gasteiger partial charge in [0.15, 0.2) is 0 Å². The zero-order chi connectivity index (χ0) is 22.3. The van der Waals surface area contributed by atoms with Crippen molar-refractivity contribution < 1.29 is 24.2 Å². The first kappa shape index (κ1) is 24.3. The lowest BCUT2D eigenvalue weighted by atomic mass is 9.96. The summed E-state index contributed by atoms with van der Waals surface area (Å²) in [7, 11) is 0. The van der Waals surface area contributed by atoms with E-state index >= 15 is 0 Å². The van der Waals surface area contributed by atoms with Crippen molar-refractivity contribution >= 4 is 11.9 Å². The van der Waals surface area contributed by atoms with Crippen LogP contribution in [0, 0.1) is 5.92 Å². The molecule has 3 N–H and O–H groups in total. The van der Waals surface area contributed by atoms with E-state index in [9.17, 15) is 14.7 Å². The number of aliphatic hydroxyl groups is 1. The highest BCUT2D eigenvalue weighted by molar-refractivity contribution is 5.90. The highest BCUT2D eigenvalue weighted by Gasteiger charge is 2.43. The molecule has 7 nitrogen and oxygen atoms in total. The van der Waals surface area contributed by atoms with E-state index in [0.717, 1.165) is 18.4 Å². The number of nitrogens with zero attached hydrogens (tertiary/aromatic N) is 1. The van der Waals surface area contributed by atoms with E-state index in [1.165, 1.54) is 4.90 Å². The molecule has 0 bridgehead atoms. The number of hydrogen-bond acceptors (Lipinski definition) is 6. The summed E-state index contributed by atoms with van der Waals surface area (Å²) in [5.41, 5.74) is 5.76. The Labute approximate surface area is 179 Å². The van der Waals surface area contributed by atoms with Crippen molar-refractivity contribution in [3.63, 3.8) is 0 Å². The number of amides is 1. The largest absolute Gasteiger partial charge is 0.434 e. The summed E-state index contributed by atoms with van der Waals surface area (Å²) in [5, 5.41) is 10.7. The fourth-order valence-corrected chi connectivity index (χ4v) is 3.40. The van der Waals surface area contributed by atoms with Crippen molar-refractivity contribution in [2.24, 2.45) is 11.7 Å². The predicted molar refractivity (Wildman–Crippen MR) is 114 cm³/mol. The lowest BCUT2D eigenvalue weighted by Crippen LogP contribution is -2.61. The van der Waals surface area contributed by atoms with Crippen molar-refractivity contribution in [3.05, 3.63) is 35.9 Å². The topological polar surface area (TPSA) is 102 Å². The number of carbonyl (C=O) groups is 2. The fraction of sp³-hybridized carbons (Fsp3) is 0.652. The number of aliphatic hydroxyl groups excluding tert-OH is 1. The van der Waals surface area contributed by atoms with Gasteiger partial charge in [-0.15, -0.1) is 0 Å². The van der Waals surface area contributed by atoms with Gasteiger partial charge in [-0.2, -0.15) is 0 Å². The second kappa shape index (κ2) is 10.9. The van der Waals surface area contributed by atoms with E-state index < -0.39 is 29.9 Å². The number of hydrogen-bond donors (Lipinski definition) is 2. The number of ether oxygens (including phenoxy) is 2. The van der Waals surface area contributed by atoms with Gasteiger partial charge < -0.3 is 25.2 Å². The Bertz CT molecular complexity index is 686. The van der Waals surface area contributed by atoms with E-state index in [0.29, 0.717) is 19.4 Å². The van der Waals surface area contributed by atoms with Crippen molar-refractivity contribution in [2.45, 2.75) is 77.4 Å². The molecule has 30 heavy (non-hydrogen) atoms. The molecule has 1 amide bonds. The van der Waals surface area contributed by atoms with Gasteiger partial charge >= 0.3 is 5.97 Å². The van der Waals surface area contributed by atoms with Gasteiger partial charge in [-0.1, -0.05) is 44.2 Å². The Kier molecular flexibility index (Phi) is 8.82. The van der Waals surface area contributed by atoms with E-state index in [1.54, 1.807) is 13.8 Å². The Morgan fingerprint density at radius 1 is 1.27 bits per heavy atom. The van der Waals surface area contributed by atoms with Gasteiger partial charge in [-0.05, 0) is 38.2 Å². The monoisotopic (exact) mass is 420 g/mol. The number of β-amino-alcohol motifs (C(OH)–C–C–N with tert-alkyl or cyclic N) is 1. The van der Waals surface area contributed by atoms with Crippen molar-refractivity contribution in [3.8, 4) is 0 Å². The summed E-state index contributed by atoms with van der Waals surface area (Å²) >= 11 is 0. The average molecular weight is 421 g/mol. The molecule has 1 aliphatic heterocycles. The first-order valence-electron chi connectivity index (χ1n) is 10.7. The van der Waals surface area contributed by atoms with Crippen molar-refractivity contribution in [2.75, 3.05) is 13.2 Å². The standard InChI is InChI=1S/C23H36N2O5/c1-16(2)20(24)21(27)25(15-18(26)14-17-10-6-5-7-11-17)23(3,4)22(28)30-19-12-8-9-13-29-19/h5-7,10-11,16,18-20,26H,8-9,12-15,24H2,1-4H3/t18?,19?,20-/m0/s1. The van der Waals surface area contributed by atoms with Gasteiger partial charge in [-0.25, -0.2) is 4.79 Å². The first-order chi connectivity index (χ1) is 14.1. The van der Waals surface area contributed by atoms with Crippen LogP contribution in [0.2, 0.25) is 0 Å². The number of nitrogens with two attached hydrogens (primary N) is 1. The fourth-order valence-electron chi connectivity index (χ4n) is 3.40. The van der Waals surface area contributed by atoms with Crippen molar-refractivity contribution in [1.29, 1.82) is 0 Å². The molecule has 3 atom stereocenters. The van der Waals surface area contributed by atoms with E-state index in [2.05, 4.69) is 0 Å². The third-order valence-electron chi connectivity index (χ3n) is 5.53. The minimum Gasteiger partial charge on any atom is -0.434 e. The Balaban J connectivity index is 2.17. The van der Waals surface area contributed by atoms with Gasteiger partial charge in [0.05, 0.1) is 18.8 Å². The normalized spacial score (nSPS) is 19.2. The third kappa shape index (κ3) is 6.52. The first-order valence-corrected chi connectivity index (χ1v) is 10.7.